The molecule has 0 spiro atoms. The standard InChI is InChI=1S/C15H18N2.C5H5N.HI/c1-12-10-14(11-16-12)5-4-13-6-8-15(9-7-13)17(2)3;1-2-4-6-5-3-1;/h4-11,16H,1-3H3;1-5H;1H. The highest BCUT2D eigenvalue weighted by Crippen LogP contribution is 2.14. The Morgan fingerprint density at radius 3 is 1.96 bits per heavy atom. The molecule has 0 atom stereocenters. The molecule has 24 heavy (non-hydrogen) atoms. The summed E-state index contributed by atoms with van der Waals surface area (Å²) in [5.74, 6) is 0. The molecule has 0 unspecified atom stereocenters. The van der Waals surface area contributed by atoms with Crippen LogP contribution in [0.5, 0.6) is 0 Å². The molecule has 2 aromatic heterocycles. The summed E-state index contributed by atoms with van der Waals surface area (Å²) >= 11 is 0. The maximum atomic E-state index is 3.78. The van der Waals surface area contributed by atoms with Gasteiger partial charge in [-0.05, 0) is 48.4 Å². The fourth-order valence-corrected chi connectivity index (χ4v) is 2.02. The van der Waals surface area contributed by atoms with Crippen molar-refractivity contribution in [2.24, 2.45) is 0 Å². The molecule has 0 amide bonds. The molecule has 126 valence electrons. The molecule has 0 aliphatic heterocycles. The molecule has 0 saturated carbocycles. The molecule has 3 rings (SSSR count). The van der Waals surface area contributed by atoms with Gasteiger partial charge in [-0.1, -0.05) is 30.4 Å². The summed E-state index contributed by atoms with van der Waals surface area (Å²) in [6.45, 7) is 2.06. The van der Waals surface area contributed by atoms with Gasteiger partial charge < -0.3 is 9.88 Å². The van der Waals surface area contributed by atoms with Gasteiger partial charge in [0.2, 0.25) is 0 Å². The number of nitrogens with one attached hydrogen (secondary N) is 1. The van der Waals surface area contributed by atoms with Crippen LogP contribution in [0.15, 0.2) is 67.1 Å². The second-order valence-electron chi connectivity index (χ2n) is 5.46. The van der Waals surface area contributed by atoms with Crippen LogP contribution in [0.25, 0.3) is 12.2 Å². The molecule has 0 bridgehead atoms. The van der Waals surface area contributed by atoms with Crippen molar-refractivity contribution in [3.63, 3.8) is 0 Å². The fraction of sp³-hybridized carbons (Fsp3) is 0.150. The molecule has 4 heteroatoms. The molecule has 0 aliphatic rings. The molecule has 3 aromatic rings. The number of hydrogen-bond acceptors (Lipinski definition) is 2. The molecular formula is C20H24IN3. The average Bonchev–Trinajstić information content (AvgIpc) is 3.01. The third kappa shape index (κ3) is 7.00. The van der Waals surface area contributed by atoms with Crippen LogP contribution in [-0.2, 0) is 0 Å². The van der Waals surface area contributed by atoms with E-state index in [9.17, 15) is 0 Å². The van der Waals surface area contributed by atoms with Crippen molar-refractivity contribution in [3.05, 3.63) is 83.9 Å². The van der Waals surface area contributed by atoms with E-state index in [1.807, 2.05) is 38.5 Å². The Balaban J connectivity index is 0.000000349. The van der Waals surface area contributed by atoms with Crippen LogP contribution < -0.4 is 4.90 Å². The van der Waals surface area contributed by atoms with E-state index in [0.29, 0.717) is 0 Å². The number of benzene rings is 1. The first-order valence-electron chi connectivity index (χ1n) is 7.60. The number of pyridine rings is 1. The number of H-pyrrole nitrogens is 1. The van der Waals surface area contributed by atoms with E-state index in [1.165, 1.54) is 22.5 Å². The van der Waals surface area contributed by atoms with Gasteiger partial charge in [0.15, 0.2) is 0 Å². The molecule has 0 saturated heterocycles. The molecule has 2 heterocycles. The highest BCUT2D eigenvalue weighted by molar-refractivity contribution is 14.0. The van der Waals surface area contributed by atoms with E-state index < -0.39 is 0 Å². The predicted octanol–water partition coefficient (Wildman–Crippen LogP) is 5.26. The molecule has 1 N–H and O–H groups in total. The lowest BCUT2D eigenvalue weighted by molar-refractivity contribution is 1.13. The first kappa shape index (κ1) is 20.0. The first-order chi connectivity index (χ1) is 11.1. The van der Waals surface area contributed by atoms with E-state index in [4.69, 9.17) is 0 Å². The Morgan fingerprint density at radius 2 is 1.54 bits per heavy atom. The van der Waals surface area contributed by atoms with Crippen molar-refractivity contribution in [2.75, 3.05) is 19.0 Å². The maximum absolute atomic E-state index is 3.78. The topological polar surface area (TPSA) is 31.9 Å². The molecule has 1 aromatic carbocycles. The summed E-state index contributed by atoms with van der Waals surface area (Å²) in [6, 6.07) is 16.4. The summed E-state index contributed by atoms with van der Waals surface area (Å²) in [5.41, 5.74) is 4.83. The summed E-state index contributed by atoms with van der Waals surface area (Å²) < 4.78 is 0. The van der Waals surface area contributed by atoms with Crippen molar-refractivity contribution in [3.8, 4) is 0 Å². The zero-order valence-corrected chi connectivity index (χ0v) is 16.6. The molecule has 0 radical (unpaired) electrons. The van der Waals surface area contributed by atoms with Crippen LogP contribution >= 0.6 is 24.0 Å². The molecule has 0 fully saturated rings. The molecular weight excluding hydrogens is 409 g/mol. The van der Waals surface area contributed by atoms with Gasteiger partial charge in [0.05, 0.1) is 0 Å². The van der Waals surface area contributed by atoms with E-state index in [-0.39, 0.29) is 24.0 Å². The minimum Gasteiger partial charge on any atom is -0.378 e. The van der Waals surface area contributed by atoms with Crippen LogP contribution in [0.4, 0.5) is 5.69 Å². The number of halogens is 1. The van der Waals surface area contributed by atoms with Crippen molar-refractivity contribution >= 4 is 41.8 Å². The van der Waals surface area contributed by atoms with Crippen LogP contribution in [-0.4, -0.2) is 24.1 Å². The molecule has 3 nitrogen and oxygen atoms in total. The Hall–Kier alpha value is -2.08. The lowest BCUT2D eigenvalue weighted by atomic mass is 10.1. The van der Waals surface area contributed by atoms with Gasteiger partial charge in [0.1, 0.15) is 0 Å². The van der Waals surface area contributed by atoms with Gasteiger partial charge in [0.25, 0.3) is 0 Å². The minimum atomic E-state index is 0. The Morgan fingerprint density at radius 1 is 0.917 bits per heavy atom. The van der Waals surface area contributed by atoms with Crippen molar-refractivity contribution in [1.82, 2.24) is 9.97 Å². The molecule has 0 aliphatic carbocycles. The second kappa shape index (κ2) is 10.6. The van der Waals surface area contributed by atoms with Crippen LogP contribution in [0.2, 0.25) is 0 Å². The normalized spacial score (nSPS) is 9.79. The van der Waals surface area contributed by atoms with Crippen molar-refractivity contribution < 1.29 is 0 Å². The van der Waals surface area contributed by atoms with Crippen LogP contribution in [0.3, 0.4) is 0 Å². The third-order valence-electron chi connectivity index (χ3n) is 3.29. The van der Waals surface area contributed by atoms with Crippen molar-refractivity contribution in [1.29, 1.82) is 0 Å². The minimum absolute atomic E-state index is 0. The average molecular weight is 433 g/mol. The second-order valence-corrected chi connectivity index (χ2v) is 5.46. The van der Waals surface area contributed by atoms with Gasteiger partial charge in [-0.2, -0.15) is 0 Å². The van der Waals surface area contributed by atoms with Gasteiger partial charge in [-0.15, -0.1) is 24.0 Å². The Kier molecular flexibility index (Phi) is 8.86. The number of rotatable bonds is 3. The monoisotopic (exact) mass is 433 g/mol. The summed E-state index contributed by atoms with van der Waals surface area (Å²) in [5, 5.41) is 0. The van der Waals surface area contributed by atoms with Crippen LogP contribution in [0, 0.1) is 6.92 Å². The number of anilines is 1. The van der Waals surface area contributed by atoms with E-state index in [2.05, 4.69) is 64.3 Å². The van der Waals surface area contributed by atoms with E-state index in [1.54, 1.807) is 12.4 Å². The van der Waals surface area contributed by atoms with E-state index in [0.717, 1.165) is 0 Å². The van der Waals surface area contributed by atoms with Gasteiger partial charge in [-0.25, -0.2) is 0 Å². The van der Waals surface area contributed by atoms with Crippen LogP contribution in [0.1, 0.15) is 16.8 Å². The van der Waals surface area contributed by atoms with Gasteiger partial charge in [0, 0.05) is 44.1 Å². The zero-order valence-electron chi connectivity index (χ0n) is 14.3. The Bertz CT molecular complexity index is 689. The highest BCUT2D eigenvalue weighted by atomic mass is 127. The lowest BCUT2D eigenvalue weighted by Gasteiger charge is -2.11. The Labute approximate surface area is 161 Å². The van der Waals surface area contributed by atoms with Gasteiger partial charge in [-0.3, -0.25) is 4.98 Å². The fourth-order valence-electron chi connectivity index (χ4n) is 2.02. The zero-order chi connectivity index (χ0) is 16.5. The van der Waals surface area contributed by atoms with E-state index >= 15 is 0 Å². The smallest absolute Gasteiger partial charge is 0.0361 e. The highest BCUT2D eigenvalue weighted by Gasteiger charge is 1.94. The van der Waals surface area contributed by atoms with Crippen molar-refractivity contribution in [2.45, 2.75) is 6.92 Å². The third-order valence-corrected chi connectivity index (χ3v) is 3.29. The van der Waals surface area contributed by atoms with Gasteiger partial charge >= 0.3 is 0 Å². The maximum Gasteiger partial charge on any atom is 0.0361 e. The largest absolute Gasteiger partial charge is 0.378 e. The number of aromatic nitrogens is 2. The number of nitrogens with zero attached hydrogens (tertiary/aromatic N) is 2. The number of aromatic amines is 1. The first-order valence-corrected chi connectivity index (χ1v) is 7.60. The summed E-state index contributed by atoms with van der Waals surface area (Å²) in [4.78, 5) is 9.06. The number of aryl methyl sites for hydroxylation is 1. The SMILES string of the molecule is Cc1cc(C=Cc2ccc(N(C)C)cc2)c[nH]1.I.c1ccncc1. The lowest BCUT2D eigenvalue weighted by Crippen LogP contribution is -2.07. The predicted molar refractivity (Wildman–Crippen MR) is 115 cm³/mol. The quantitative estimate of drug-likeness (QED) is 0.572. The summed E-state index contributed by atoms with van der Waals surface area (Å²) in [7, 11) is 4.10. The summed E-state index contributed by atoms with van der Waals surface area (Å²) in [6.07, 6.45) is 9.76. The number of hydrogen-bond donors (Lipinski definition) is 1.